The second kappa shape index (κ2) is 4.10. The second-order valence-corrected chi connectivity index (χ2v) is 8.34. The zero-order valence-corrected chi connectivity index (χ0v) is 11.3. The van der Waals surface area contributed by atoms with Gasteiger partial charge in [-0.3, -0.25) is 0 Å². The second-order valence-electron chi connectivity index (χ2n) is 4.01. The Kier molecular flexibility index (Phi) is 2.98. The summed E-state index contributed by atoms with van der Waals surface area (Å²) in [5, 5.41) is 9.29. The van der Waals surface area contributed by atoms with Crippen molar-refractivity contribution in [2.45, 2.75) is 11.8 Å². The van der Waals surface area contributed by atoms with Gasteiger partial charge in [-0.25, -0.2) is 16.8 Å². The highest BCUT2D eigenvalue weighted by Crippen LogP contribution is 2.35. The van der Waals surface area contributed by atoms with Crippen LogP contribution in [0.15, 0.2) is 28.0 Å². The average Bonchev–Trinajstić information content (AvgIpc) is 2.49. The van der Waals surface area contributed by atoms with Crippen LogP contribution in [0.1, 0.15) is 12.5 Å². The Balaban J connectivity index is 2.52. The minimum absolute atomic E-state index is 0.0432. The normalized spacial score (nSPS) is 17.3. The summed E-state index contributed by atoms with van der Waals surface area (Å²) >= 11 is 0. The lowest BCUT2D eigenvalue weighted by Gasteiger charge is -2.03. The lowest BCUT2D eigenvalue weighted by Crippen LogP contribution is -2.14. The molecule has 0 saturated carbocycles. The van der Waals surface area contributed by atoms with Gasteiger partial charge in [-0.05, 0) is 29.8 Å². The van der Waals surface area contributed by atoms with Gasteiger partial charge in [-0.1, -0.05) is 6.92 Å². The van der Waals surface area contributed by atoms with Crippen molar-refractivity contribution in [3.8, 4) is 5.75 Å². The van der Waals surface area contributed by atoms with Crippen molar-refractivity contribution < 1.29 is 21.9 Å². The number of aromatic hydroxyl groups is 1. The van der Waals surface area contributed by atoms with E-state index in [0.29, 0.717) is 5.56 Å². The van der Waals surface area contributed by atoms with Crippen LogP contribution in [0.3, 0.4) is 0 Å². The number of benzene rings is 1. The molecule has 0 radical (unpaired) electrons. The molecule has 1 aromatic rings. The number of hydrogen-bond acceptors (Lipinski definition) is 5. The number of hydrogen-bond donors (Lipinski definition) is 1. The van der Waals surface area contributed by atoms with Crippen LogP contribution in [-0.4, -0.2) is 33.4 Å². The molecule has 0 atom stereocenters. The first kappa shape index (κ1) is 13.1. The first-order valence-electron chi connectivity index (χ1n) is 5.25. The molecule has 0 aliphatic carbocycles. The van der Waals surface area contributed by atoms with E-state index < -0.39 is 25.4 Å². The third-order valence-electron chi connectivity index (χ3n) is 2.75. The highest BCUT2D eigenvalue weighted by Gasteiger charge is 2.32. The maximum Gasteiger partial charge on any atom is 0.204 e. The van der Waals surface area contributed by atoms with Gasteiger partial charge in [0, 0.05) is 5.75 Å². The predicted octanol–water partition coefficient (Wildman–Crippen LogP) is 0.955. The van der Waals surface area contributed by atoms with E-state index in [0.717, 1.165) is 0 Å². The molecule has 1 N–H and O–H groups in total. The number of rotatable bonds is 3. The third-order valence-corrected chi connectivity index (χ3v) is 6.46. The van der Waals surface area contributed by atoms with Crippen molar-refractivity contribution in [1.82, 2.24) is 0 Å². The van der Waals surface area contributed by atoms with Crippen LogP contribution < -0.4 is 0 Å². The smallest absolute Gasteiger partial charge is 0.204 e. The van der Waals surface area contributed by atoms with Crippen LogP contribution in [0.5, 0.6) is 5.75 Å². The van der Waals surface area contributed by atoms with Gasteiger partial charge in [0.05, 0.1) is 15.6 Å². The van der Waals surface area contributed by atoms with Crippen LogP contribution in [0, 0.1) is 0 Å². The molecule has 0 spiro atoms. The molecule has 0 unspecified atom stereocenters. The Morgan fingerprint density at radius 1 is 1.28 bits per heavy atom. The van der Waals surface area contributed by atoms with Gasteiger partial charge in [-0.15, -0.1) is 0 Å². The molecule has 0 amide bonds. The van der Waals surface area contributed by atoms with Crippen molar-refractivity contribution in [1.29, 1.82) is 0 Å². The molecule has 0 bridgehead atoms. The zero-order valence-electron chi connectivity index (χ0n) is 9.62. The molecule has 0 aromatic heterocycles. The van der Waals surface area contributed by atoms with Crippen molar-refractivity contribution in [2.24, 2.45) is 0 Å². The van der Waals surface area contributed by atoms with E-state index in [1.54, 1.807) is 0 Å². The molecule has 1 aliphatic rings. The fourth-order valence-corrected chi connectivity index (χ4v) is 4.84. The highest BCUT2D eigenvalue weighted by atomic mass is 32.2. The summed E-state index contributed by atoms with van der Waals surface area (Å²) in [4.78, 5) is -0.0912. The summed E-state index contributed by atoms with van der Waals surface area (Å²) in [5.74, 6) is -0.664. The van der Waals surface area contributed by atoms with Crippen molar-refractivity contribution in [3.05, 3.63) is 28.7 Å². The first-order valence-corrected chi connectivity index (χ1v) is 8.56. The average molecular weight is 288 g/mol. The Morgan fingerprint density at radius 3 is 2.56 bits per heavy atom. The predicted molar refractivity (Wildman–Crippen MR) is 67.6 cm³/mol. The molecule has 1 heterocycles. The van der Waals surface area contributed by atoms with E-state index in [4.69, 9.17) is 0 Å². The zero-order chi connectivity index (χ0) is 13.6. The minimum atomic E-state index is -3.74. The summed E-state index contributed by atoms with van der Waals surface area (Å²) in [6.45, 7) is 1.47. The molecular formula is C11H12O5S2. The van der Waals surface area contributed by atoms with Crippen LogP contribution in [0.25, 0.3) is 6.08 Å². The molecule has 5 nitrogen and oxygen atoms in total. The van der Waals surface area contributed by atoms with E-state index in [9.17, 15) is 21.9 Å². The molecule has 98 valence electrons. The number of sulfone groups is 2. The van der Waals surface area contributed by atoms with E-state index in [-0.39, 0.29) is 21.3 Å². The first-order chi connectivity index (χ1) is 8.26. The van der Waals surface area contributed by atoms with Crippen molar-refractivity contribution in [3.63, 3.8) is 0 Å². The van der Waals surface area contributed by atoms with E-state index in [1.807, 2.05) is 0 Å². The molecule has 18 heavy (non-hydrogen) atoms. The molecule has 2 rings (SSSR count). The van der Waals surface area contributed by atoms with Crippen molar-refractivity contribution in [2.75, 3.05) is 11.5 Å². The maximum absolute atomic E-state index is 12.1. The number of phenols is 1. The van der Waals surface area contributed by atoms with Gasteiger partial charge >= 0.3 is 0 Å². The summed E-state index contributed by atoms with van der Waals surface area (Å²) in [5.41, 5.74) is 0.330. The van der Waals surface area contributed by atoms with Gasteiger partial charge in [-0.2, -0.15) is 0 Å². The van der Waals surface area contributed by atoms with Gasteiger partial charge in [0.25, 0.3) is 0 Å². The number of phenolic OH excluding ortho intramolecular Hbond substituents is 1. The van der Waals surface area contributed by atoms with E-state index in [1.165, 1.54) is 31.2 Å². The Bertz CT molecular complexity index is 727. The monoisotopic (exact) mass is 288 g/mol. The molecule has 1 aromatic carbocycles. The van der Waals surface area contributed by atoms with E-state index in [2.05, 4.69) is 0 Å². The lowest BCUT2D eigenvalue weighted by atomic mass is 10.2. The fraction of sp³-hybridized carbons (Fsp3) is 0.273. The van der Waals surface area contributed by atoms with Gasteiger partial charge in [0.15, 0.2) is 9.84 Å². The Morgan fingerprint density at radius 2 is 1.94 bits per heavy atom. The summed E-state index contributed by atoms with van der Waals surface area (Å²) < 4.78 is 47.2. The molecule has 0 fully saturated rings. The topological polar surface area (TPSA) is 88.5 Å². The minimum Gasteiger partial charge on any atom is -0.508 e. The van der Waals surface area contributed by atoms with Crippen LogP contribution in [-0.2, 0) is 19.7 Å². The van der Waals surface area contributed by atoms with Crippen molar-refractivity contribution >= 4 is 25.8 Å². The summed E-state index contributed by atoms with van der Waals surface area (Å²) in [6, 6.07) is 3.85. The molecular weight excluding hydrogens is 276 g/mol. The van der Waals surface area contributed by atoms with Crippen LogP contribution >= 0.6 is 0 Å². The highest BCUT2D eigenvalue weighted by molar-refractivity contribution is 7.98. The third kappa shape index (κ3) is 2.15. The maximum atomic E-state index is 12.1. The number of fused-ring (bicyclic) bond motifs is 1. The van der Waals surface area contributed by atoms with Gasteiger partial charge in [0.1, 0.15) is 5.75 Å². The summed E-state index contributed by atoms with van der Waals surface area (Å²) in [7, 11) is -7.15. The molecule has 0 saturated heterocycles. The molecule has 1 aliphatic heterocycles. The lowest BCUT2D eigenvalue weighted by molar-refractivity contribution is 0.474. The summed E-state index contributed by atoms with van der Waals surface area (Å²) in [6.07, 6.45) is 1.30. The largest absolute Gasteiger partial charge is 0.508 e. The van der Waals surface area contributed by atoms with Crippen LogP contribution in [0.2, 0.25) is 0 Å². The van der Waals surface area contributed by atoms with Gasteiger partial charge in [0.2, 0.25) is 9.84 Å². The fourth-order valence-electron chi connectivity index (χ4n) is 1.72. The Labute approximate surface area is 106 Å². The molecule has 7 heteroatoms. The van der Waals surface area contributed by atoms with E-state index >= 15 is 0 Å². The Hall–Kier alpha value is -1.34. The van der Waals surface area contributed by atoms with Gasteiger partial charge < -0.3 is 5.11 Å². The SMILES string of the molecule is CCS(=O)(=O)CC1=Cc2cc(O)ccc2S1(=O)=O. The van der Waals surface area contributed by atoms with Crippen LogP contribution in [0.4, 0.5) is 0 Å². The standard InChI is InChI=1S/C11H12O5S2/c1-2-17(13,14)7-10-6-8-5-9(12)3-4-11(8)18(10,15)16/h3-6,12H,2,7H2,1H3. The quantitative estimate of drug-likeness (QED) is 0.894.